The van der Waals surface area contributed by atoms with E-state index in [1.165, 1.54) is 0 Å². The summed E-state index contributed by atoms with van der Waals surface area (Å²) >= 11 is 5.82. The van der Waals surface area contributed by atoms with Gasteiger partial charge in [-0.05, 0) is 18.2 Å². The minimum Gasteiger partial charge on any atom is -0.264 e. The number of fused-ring (bicyclic) bond motifs is 1. The zero-order valence-corrected chi connectivity index (χ0v) is 7.42. The quantitative estimate of drug-likeness (QED) is 0.638. The van der Waals surface area contributed by atoms with Gasteiger partial charge in [0.1, 0.15) is 0 Å². The Kier molecular flexibility index (Phi) is 1.88. The topological polar surface area (TPSA) is 36.7 Å². The molecule has 3 heteroatoms. The average molecular weight is 189 g/mol. The summed E-state index contributed by atoms with van der Waals surface area (Å²) in [5, 5.41) is 11.2. The fourth-order valence-corrected chi connectivity index (χ4v) is 1.49. The zero-order chi connectivity index (χ0) is 9.26. The molecule has 0 N–H and O–H groups in total. The van der Waals surface area contributed by atoms with Gasteiger partial charge >= 0.3 is 0 Å². The van der Waals surface area contributed by atoms with E-state index in [9.17, 15) is 0 Å². The van der Waals surface area contributed by atoms with Crippen molar-refractivity contribution in [3.05, 3.63) is 41.2 Å². The average Bonchev–Trinajstić information content (AvgIpc) is 2.16. The summed E-state index contributed by atoms with van der Waals surface area (Å²) in [4.78, 5) is 3.96. The summed E-state index contributed by atoms with van der Waals surface area (Å²) < 4.78 is 0. The van der Waals surface area contributed by atoms with Crippen LogP contribution in [0.15, 0.2) is 30.6 Å². The van der Waals surface area contributed by atoms with Gasteiger partial charge in [0.2, 0.25) is 0 Å². The predicted octanol–water partition coefficient (Wildman–Crippen LogP) is 2.76. The van der Waals surface area contributed by atoms with Crippen LogP contribution in [0, 0.1) is 11.3 Å². The highest BCUT2D eigenvalue weighted by molar-refractivity contribution is 6.31. The smallest absolute Gasteiger partial charge is 0.0998 e. The molecule has 13 heavy (non-hydrogen) atoms. The second-order valence-electron chi connectivity index (χ2n) is 2.66. The summed E-state index contributed by atoms with van der Waals surface area (Å²) in [5.41, 5.74) is 0.588. The first-order valence-corrected chi connectivity index (χ1v) is 4.12. The van der Waals surface area contributed by atoms with Crippen molar-refractivity contribution in [2.45, 2.75) is 0 Å². The van der Waals surface area contributed by atoms with E-state index >= 15 is 0 Å². The van der Waals surface area contributed by atoms with E-state index in [0.717, 1.165) is 10.8 Å². The maximum atomic E-state index is 8.83. The fourth-order valence-electron chi connectivity index (χ4n) is 1.27. The third-order valence-electron chi connectivity index (χ3n) is 1.84. The Hall–Kier alpha value is -1.59. The number of nitrogens with zero attached hydrogens (tertiary/aromatic N) is 2. The molecule has 2 rings (SSSR count). The lowest BCUT2D eigenvalue weighted by Crippen LogP contribution is -1.81. The van der Waals surface area contributed by atoms with Crippen molar-refractivity contribution in [3.8, 4) is 6.07 Å². The molecule has 2 nitrogen and oxygen atoms in total. The SMILES string of the molecule is N#Cc1cc(Cl)cc2cnccc12. The Bertz CT molecular complexity index is 500. The third-order valence-corrected chi connectivity index (χ3v) is 2.06. The van der Waals surface area contributed by atoms with Crippen LogP contribution in [0.25, 0.3) is 10.8 Å². The first-order valence-electron chi connectivity index (χ1n) is 3.74. The van der Waals surface area contributed by atoms with Crippen molar-refractivity contribution >= 4 is 22.4 Å². The van der Waals surface area contributed by atoms with Crippen molar-refractivity contribution in [1.29, 1.82) is 5.26 Å². The summed E-state index contributed by atoms with van der Waals surface area (Å²) in [6.45, 7) is 0. The molecule has 0 radical (unpaired) electrons. The molecule has 0 spiro atoms. The van der Waals surface area contributed by atoms with Gasteiger partial charge in [-0.15, -0.1) is 0 Å². The number of hydrogen-bond acceptors (Lipinski definition) is 2. The molecule has 62 valence electrons. The van der Waals surface area contributed by atoms with Gasteiger partial charge in [-0.1, -0.05) is 11.6 Å². The summed E-state index contributed by atoms with van der Waals surface area (Å²) in [6, 6.07) is 7.36. The number of rotatable bonds is 0. The van der Waals surface area contributed by atoms with Crippen LogP contribution < -0.4 is 0 Å². The van der Waals surface area contributed by atoms with Crippen molar-refractivity contribution in [3.63, 3.8) is 0 Å². The summed E-state index contributed by atoms with van der Waals surface area (Å²) in [7, 11) is 0. The molecule has 0 aliphatic carbocycles. The lowest BCUT2D eigenvalue weighted by atomic mass is 10.1. The van der Waals surface area contributed by atoms with Gasteiger partial charge < -0.3 is 0 Å². The molecule has 0 aliphatic rings. The number of aromatic nitrogens is 1. The number of hydrogen-bond donors (Lipinski definition) is 0. The Morgan fingerprint density at radius 1 is 1.38 bits per heavy atom. The van der Waals surface area contributed by atoms with E-state index in [-0.39, 0.29) is 0 Å². The molecule has 1 aromatic carbocycles. The van der Waals surface area contributed by atoms with E-state index in [2.05, 4.69) is 11.1 Å². The molecule has 0 amide bonds. The Morgan fingerprint density at radius 2 is 2.23 bits per heavy atom. The highest BCUT2D eigenvalue weighted by atomic mass is 35.5. The van der Waals surface area contributed by atoms with Crippen LogP contribution in [0.2, 0.25) is 5.02 Å². The molecule has 0 unspecified atom stereocenters. The molecule has 1 heterocycles. The molecule has 0 atom stereocenters. The van der Waals surface area contributed by atoms with Crippen LogP contribution in [0.5, 0.6) is 0 Å². The minimum atomic E-state index is 0.567. The summed E-state index contributed by atoms with van der Waals surface area (Å²) in [6.07, 6.45) is 3.36. The molecule has 0 saturated carbocycles. The van der Waals surface area contributed by atoms with Crippen LogP contribution in [0.3, 0.4) is 0 Å². The molecule has 2 aromatic rings. The van der Waals surface area contributed by atoms with E-state index in [1.54, 1.807) is 24.5 Å². The highest BCUT2D eigenvalue weighted by Crippen LogP contribution is 2.22. The number of benzene rings is 1. The van der Waals surface area contributed by atoms with Crippen molar-refractivity contribution in [1.82, 2.24) is 4.98 Å². The minimum absolute atomic E-state index is 0.567. The Labute approximate surface area is 80.4 Å². The van der Waals surface area contributed by atoms with Crippen LogP contribution in [0.4, 0.5) is 0 Å². The van der Waals surface area contributed by atoms with E-state index in [0.29, 0.717) is 10.6 Å². The maximum Gasteiger partial charge on any atom is 0.0998 e. The van der Waals surface area contributed by atoms with Gasteiger partial charge in [0.05, 0.1) is 11.6 Å². The van der Waals surface area contributed by atoms with Gasteiger partial charge in [-0.3, -0.25) is 4.98 Å². The monoisotopic (exact) mass is 188 g/mol. The number of pyridine rings is 1. The molecule has 0 bridgehead atoms. The zero-order valence-electron chi connectivity index (χ0n) is 6.66. The molecule has 1 aromatic heterocycles. The van der Waals surface area contributed by atoms with Gasteiger partial charge in [0, 0.05) is 28.2 Å². The van der Waals surface area contributed by atoms with Gasteiger partial charge in [-0.25, -0.2) is 0 Å². The second kappa shape index (κ2) is 3.04. The standard InChI is InChI=1S/C10H5ClN2/c11-9-3-7(5-12)10-1-2-13-6-8(10)4-9/h1-4,6H. The summed E-state index contributed by atoms with van der Waals surface area (Å²) in [5.74, 6) is 0. The number of halogens is 1. The Balaban J connectivity index is 2.91. The Morgan fingerprint density at radius 3 is 3.00 bits per heavy atom. The van der Waals surface area contributed by atoms with E-state index in [4.69, 9.17) is 16.9 Å². The lowest BCUT2D eigenvalue weighted by Gasteiger charge is -1.99. The van der Waals surface area contributed by atoms with Crippen molar-refractivity contribution in [2.75, 3.05) is 0 Å². The fraction of sp³-hybridized carbons (Fsp3) is 0. The molecule has 0 fully saturated rings. The van der Waals surface area contributed by atoms with Gasteiger partial charge in [0.25, 0.3) is 0 Å². The van der Waals surface area contributed by atoms with Crippen molar-refractivity contribution < 1.29 is 0 Å². The normalized spacial score (nSPS) is 9.85. The lowest BCUT2D eigenvalue weighted by molar-refractivity contribution is 1.36. The largest absolute Gasteiger partial charge is 0.264 e. The van der Waals surface area contributed by atoms with Crippen LogP contribution in [-0.2, 0) is 0 Å². The van der Waals surface area contributed by atoms with Crippen LogP contribution in [-0.4, -0.2) is 4.98 Å². The third kappa shape index (κ3) is 1.34. The molecule has 0 aliphatic heterocycles. The molecular weight excluding hydrogens is 184 g/mol. The van der Waals surface area contributed by atoms with Crippen LogP contribution in [0.1, 0.15) is 5.56 Å². The van der Waals surface area contributed by atoms with E-state index < -0.39 is 0 Å². The first kappa shape index (κ1) is 8.03. The predicted molar refractivity (Wildman–Crippen MR) is 51.5 cm³/mol. The van der Waals surface area contributed by atoms with Crippen LogP contribution >= 0.6 is 11.6 Å². The maximum absolute atomic E-state index is 8.83. The van der Waals surface area contributed by atoms with E-state index in [1.807, 2.05) is 6.07 Å². The van der Waals surface area contributed by atoms with Gasteiger partial charge in [0.15, 0.2) is 0 Å². The number of nitriles is 1. The molecule has 0 saturated heterocycles. The second-order valence-corrected chi connectivity index (χ2v) is 3.10. The molecular formula is C10H5ClN2. The highest BCUT2D eigenvalue weighted by Gasteiger charge is 2.01. The van der Waals surface area contributed by atoms with Crippen molar-refractivity contribution in [2.24, 2.45) is 0 Å². The first-order chi connectivity index (χ1) is 6.31. The van der Waals surface area contributed by atoms with Gasteiger partial charge in [-0.2, -0.15) is 5.26 Å².